The van der Waals surface area contributed by atoms with Crippen molar-refractivity contribution < 1.29 is 4.39 Å². The number of fused-ring (bicyclic) bond motifs is 1. The molecule has 0 aliphatic carbocycles. The maximum Gasteiger partial charge on any atom is 0.143 e. The second-order valence-electron chi connectivity index (χ2n) is 7.64. The maximum absolute atomic E-state index is 13.6. The first-order valence-electron chi connectivity index (χ1n) is 10.1. The summed E-state index contributed by atoms with van der Waals surface area (Å²) in [5.41, 5.74) is 2.78. The summed E-state index contributed by atoms with van der Waals surface area (Å²) in [5, 5.41) is 5.08. The molecule has 1 fully saturated rings. The van der Waals surface area contributed by atoms with Crippen molar-refractivity contribution in [3.63, 3.8) is 0 Å². The smallest absolute Gasteiger partial charge is 0.143 e. The fourth-order valence-corrected chi connectivity index (χ4v) is 4.36. The summed E-state index contributed by atoms with van der Waals surface area (Å²) in [6, 6.07) is 7.65. The van der Waals surface area contributed by atoms with E-state index in [0.717, 1.165) is 74.1 Å². The van der Waals surface area contributed by atoms with Gasteiger partial charge >= 0.3 is 0 Å². The molecule has 3 heterocycles. The average molecular weight is 435 g/mol. The number of nitrogens with zero attached hydrogens (tertiary/aromatic N) is 3. The van der Waals surface area contributed by atoms with Gasteiger partial charge in [-0.25, -0.2) is 4.39 Å². The van der Waals surface area contributed by atoms with Crippen LogP contribution >= 0.6 is 23.2 Å². The van der Waals surface area contributed by atoms with Gasteiger partial charge in [0.25, 0.3) is 0 Å². The van der Waals surface area contributed by atoms with Crippen LogP contribution in [0.15, 0.2) is 36.5 Å². The van der Waals surface area contributed by atoms with Gasteiger partial charge in [-0.05, 0) is 55.8 Å². The van der Waals surface area contributed by atoms with Crippen LogP contribution in [0.25, 0.3) is 6.08 Å². The van der Waals surface area contributed by atoms with E-state index in [1.807, 2.05) is 24.3 Å². The number of nitrogens with one attached hydrogen (secondary N) is 1. The van der Waals surface area contributed by atoms with Gasteiger partial charge in [-0.1, -0.05) is 29.3 Å². The Morgan fingerprint density at radius 2 is 1.97 bits per heavy atom. The quantitative estimate of drug-likeness (QED) is 0.718. The summed E-state index contributed by atoms with van der Waals surface area (Å²) in [5.74, 6) is -0.282. The minimum atomic E-state index is -0.282. The molecular formula is C22H25Cl2FN4. The van der Waals surface area contributed by atoms with E-state index >= 15 is 0 Å². The van der Waals surface area contributed by atoms with E-state index in [0.29, 0.717) is 11.1 Å². The van der Waals surface area contributed by atoms with Gasteiger partial charge in [-0.15, -0.1) is 0 Å². The lowest BCUT2D eigenvalue weighted by atomic mass is 10.0. The van der Waals surface area contributed by atoms with E-state index in [4.69, 9.17) is 23.2 Å². The molecule has 7 heteroatoms. The van der Waals surface area contributed by atoms with Crippen LogP contribution in [0.3, 0.4) is 0 Å². The van der Waals surface area contributed by atoms with E-state index in [1.54, 1.807) is 6.07 Å². The standard InChI is InChI=1S/C22H25Cl2FN4/c23-17-3-4-20(24)16(12-17)14-26-19-5-8-28(9-6-19)10-11-29-7-1-2-21-22(29)13-18(25)15-27-21/h1-4,12-13,15,19,26H,5-11,14H2. The van der Waals surface area contributed by atoms with E-state index < -0.39 is 0 Å². The highest BCUT2D eigenvalue weighted by Gasteiger charge is 2.21. The number of piperidine rings is 1. The molecule has 0 saturated carbocycles. The van der Waals surface area contributed by atoms with Gasteiger partial charge < -0.3 is 15.1 Å². The van der Waals surface area contributed by atoms with Crippen LogP contribution in [0.2, 0.25) is 10.0 Å². The van der Waals surface area contributed by atoms with Crippen LogP contribution in [-0.4, -0.2) is 48.6 Å². The molecule has 1 aromatic heterocycles. The molecule has 2 aromatic rings. The molecule has 1 N–H and O–H groups in total. The monoisotopic (exact) mass is 434 g/mol. The number of aromatic nitrogens is 1. The predicted molar refractivity (Wildman–Crippen MR) is 118 cm³/mol. The fourth-order valence-electron chi connectivity index (χ4n) is 3.98. The number of pyridine rings is 1. The summed E-state index contributed by atoms with van der Waals surface area (Å²) in [6.45, 7) is 5.49. The SMILES string of the molecule is Fc1cnc2c(c1)N(CCN1CCC(NCc3cc(Cl)ccc3Cl)CC1)CC=C2. The first-order valence-corrected chi connectivity index (χ1v) is 10.8. The lowest BCUT2D eigenvalue weighted by Gasteiger charge is -2.35. The van der Waals surface area contributed by atoms with Crippen LogP contribution < -0.4 is 10.2 Å². The highest BCUT2D eigenvalue weighted by atomic mass is 35.5. The van der Waals surface area contributed by atoms with Gasteiger partial charge in [-0.3, -0.25) is 4.98 Å². The molecule has 0 spiro atoms. The lowest BCUT2D eigenvalue weighted by molar-refractivity contribution is 0.201. The van der Waals surface area contributed by atoms with Crippen molar-refractivity contribution in [2.45, 2.75) is 25.4 Å². The summed E-state index contributed by atoms with van der Waals surface area (Å²) in [7, 11) is 0. The van der Waals surface area contributed by atoms with Gasteiger partial charge in [0.2, 0.25) is 0 Å². The first-order chi connectivity index (χ1) is 14.1. The van der Waals surface area contributed by atoms with Crippen LogP contribution in [0, 0.1) is 5.82 Å². The van der Waals surface area contributed by atoms with Crippen molar-refractivity contribution in [3.05, 3.63) is 63.7 Å². The van der Waals surface area contributed by atoms with Crippen LogP contribution in [0.5, 0.6) is 0 Å². The molecule has 0 amide bonds. The molecule has 154 valence electrons. The van der Waals surface area contributed by atoms with Gasteiger partial charge in [-0.2, -0.15) is 0 Å². The molecule has 2 aliphatic heterocycles. The summed E-state index contributed by atoms with van der Waals surface area (Å²) < 4.78 is 13.6. The normalized spacial score (nSPS) is 17.6. The second-order valence-corrected chi connectivity index (χ2v) is 8.48. The van der Waals surface area contributed by atoms with E-state index in [1.165, 1.54) is 6.20 Å². The van der Waals surface area contributed by atoms with E-state index in [2.05, 4.69) is 26.2 Å². The maximum atomic E-state index is 13.6. The Labute approximate surface area is 181 Å². The third-order valence-corrected chi connectivity index (χ3v) is 6.27. The first kappa shape index (κ1) is 20.6. The number of rotatable bonds is 6. The van der Waals surface area contributed by atoms with Crippen LogP contribution in [0.4, 0.5) is 10.1 Å². The highest BCUT2D eigenvalue weighted by molar-refractivity contribution is 6.33. The van der Waals surface area contributed by atoms with Crippen molar-refractivity contribution in [2.24, 2.45) is 0 Å². The molecule has 0 bridgehead atoms. The minimum Gasteiger partial charge on any atom is -0.365 e. The Hall–Kier alpha value is -1.66. The fraction of sp³-hybridized carbons (Fsp3) is 0.409. The topological polar surface area (TPSA) is 31.4 Å². The molecular weight excluding hydrogens is 410 g/mol. The number of halogens is 3. The molecule has 0 unspecified atom stereocenters. The summed E-state index contributed by atoms with van der Waals surface area (Å²) >= 11 is 12.3. The van der Waals surface area contributed by atoms with Crippen molar-refractivity contribution in [1.82, 2.24) is 15.2 Å². The molecule has 4 nitrogen and oxygen atoms in total. The van der Waals surface area contributed by atoms with Crippen LogP contribution in [0.1, 0.15) is 24.1 Å². The Morgan fingerprint density at radius 3 is 2.79 bits per heavy atom. The number of benzene rings is 1. The predicted octanol–water partition coefficient (Wildman–Crippen LogP) is 4.61. The molecule has 4 rings (SSSR count). The third-order valence-electron chi connectivity index (χ3n) is 5.67. The molecule has 2 aliphatic rings. The zero-order valence-electron chi connectivity index (χ0n) is 16.3. The number of likely N-dealkylation sites (tertiary alicyclic amines) is 1. The average Bonchev–Trinajstić information content (AvgIpc) is 2.73. The van der Waals surface area contributed by atoms with Crippen molar-refractivity contribution in [2.75, 3.05) is 37.6 Å². The van der Waals surface area contributed by atoms with Crippen molar-refractivity contribution in [1.29, 1.82) is 0 Å². The number of hydrogen-bond acceptors (Lipinski definition) is 4. The Kier molecular flexibility index (Phi) is 6.70. The van der Waals surface area contributed by atoms with Gasteiger partial charge in [0.05, 0.1) is 17.6 Å². The minimum absolute atomic E-state index is 0.282. The highest BCUT2D eigenvalue weighted by Crippen LogP contribution is 2.25. The van der Waals surface area contributed by atoms with Gasteiger partial charge in [0.15, 0.2) is 0 Å². The van der Waals surface area contributed by atoms with E-state index in [-0.39, 0.29) is 5.82 Å². The Bertz CT molecular complexity index is 881. The van der Waals surface area contributed by atoms with Crippen molar-refractivity contribution >= 4 is 35.0 Å². The molecule has 0 radical (unpaired) electrons. The molecule has 1 saturated heterocycles. The summed E-state index contributed by atoms with van der Waals surface area (Å²) in [6.07, 6.45) is 7.54. The molecule has 1 aromatic carbocycles. The van der Waals surface area contributed by atoms with Gasteiger partial charge in [0.1, 0.15) is 5.82 Å². The Morgan fingerprint density at radius 1 is 1.14 bits per heavy atom. The zero-order chi connectivity index (χ0) is 20.2. The third kappa shape index (κ3) is 5.28. The van der Waals surface area contributed by atoms with Gasteiger partial charge in [0, 0.05) is 48.3 Å². The summed E-state index contributed by atoms with van der Waals surface area (Å²) in [4.78, 5) is 8.87. The van der Waals surface area contributed by atoms with Crippen LogP contribution in [-0.2, 0) is 6.54 Å². The number of anilines is 1. The zero-order valence-corrected chi connectivity index (χ0v) is 17.8. The molecule has 0 atom stereocenters. The molecule has 29 heavy (non-hydrogen) atoms. The number of hydrogen-bond donors (Lipinski definition) is 1. The Balaban J connectivity index is 1.23. The second kappa shape index (κ2) is 9.43. The largest absolute Gasteiger partial charge is 0.365 e. The van der Waals surface area contributed by atoms with Crippen molar-refractivity contribution in [3.8, 4) is 0 Å². The van der Waals surface area contributed by atoms with E-state index in [9.17, 15) is 4.39 Å². The lowest BCUT2D eigenvalue weighted by Crippen LogP contribution is -2.45.